The van der Waals surface area contributed by atoms with Crippen LogP contribution in [-0.4, -0.2) is 67.0 Å². The number of unbranched alkanes of at least 4 members (excludes halogenated alkanes) is 42. The molecule has 0 aliphatic rings. The Morgan fingerprint density at radius 1 is 0.314 bits per heavy atom. The molecule has 10 heteroatoms. The number of allylic oxidation sites excluding steroid dienone is 8. The van der Waals surface area contributed by atoms with Crippen LogP contribution in [0.1, 0.15) is 374 Å². The van der Waals surface area contributed by atoms with Crippen LogP contribution >= 0.6 is 0 Å². The van der Waals surface area contributed by atoms with Gasteiger partial charge in [-0.25, -0.2) is 0 Å². The average molecular weight is 1210 g/mol. The summed E-state index contributed by atoms with van der Waals surface area (Å²) >= 11 is 0. The molecule has 0 saturated heterocycles. The van der Waals surface area contributed by atoms with E-state index in [1.54, 1.807) is 0 Å². The highest BCUT2D eigenvalue weighted by atomic mass is 16.6. The molecular weight excluding hydrogens is 1070 g/mol. The van der Waals surface area contributed by atoms with Crippen LogP contribution in [0.2, 0.25) is 0 Å². The molecule has 0 aliphatic carbocycles. The third-order valence-corrected chi connectivity index (χ3v) is 16.5. The third kappa shape index (κ3) is 62.1. The molecule has 0 radical (unpaired) electrons. The number of carbonyl (C=O) groups excluding carboxylic acids is 5. The maximum atomic E-state index is 13.0. The maximum Gasteiger partial charge on any atom is 0.306 e. The summed E-state index contributed by atoms with van der Waals surface area (Å²) in [5, 5.41) is 0. The molecule has 10 nitrogen and oxygen atoms in total. The number of carbonyl (C=O) groups is 5. The van der Waals surface area contributed by atoms with E-state index in [1.165, 1.54) is 165 Å². The van der Waals surface area contributed by atoms with Crippen LogP contribution in [-0.2, 0) is 38.2 Å². The van der Waals surface area contributed by atoms with Gasteiger partial charge in [0.15, 0.2) is 6.10 Å². The summed E-state index contributed by atoms with van der Waals surface area (Å²) < 4.78 is 16.9. The van der Waals surface area contributed by atoms with Gasteiger partial charge in [0.25, 0.3) is 0 Å². The summed E-state index contributed by atoms with van der Waals surface area (Å²) in [5.41, 5.74) is 5.79. The van der Waals surface area contributed by atoms with E-state index in [9.17, 15) is 24.0 Å². The number of hydrogen-bond acceptors (Lipinski definition) is 9. The normalized spacial score (nSPS) is 12.1. The molecule has 500 valence electrons. The third-order valence-electron chi connectivity index (χ3n) is 16.5. The zero-order valence-corrected chi connectivity index (χ0v) is 56.7. The first-order valence-electron chi connectivity index (χ1n) is 36.9. The number of amides is 2. The van der Waals surface area contributed by atoms with Crippen molar-refractivity contribution in [2.24, 2.45) is 5.73 Å². The lowest BCUT2D eigenvalue weighted by molar-refractivity contribution is -0.167. The fourth-order valence-electron chi connectivity index (χ4n) is 10.9. The summed E-state index contributed by atoms with van der Waals surface area (Å²) in [6, 6.07) is 0. The fourth-order valence-corrected chi connectivity index (χ4v) is 10.9. The van der Waals surface area contributed by atoms with Crippen LogP contribution in [0.3, 0.4) is 0 Å². The van der Waals surface area contributed by atoms with Crippen molar-refractivity contribution in [3.05, 3.63) is 48.6 Å². The van der Waals surface area contributed by atoms with Crippen molar-refractivity contribution in [1.29, 1.82) is 0 Å². The summed E-state index contributed by atoms with van der Waals surface area (Å²) in [5.74, 6) is -1.11. The van der Waals surface area contributed by atoms with Crippen LogP contribution in [0.4, 0.5) is 0 Å². The first kappa shape index (κ1) is 82.5. The highest BCUT2D eigenvalue weighted by Crippen LogP contribution is 2.18. The molecule has 0 fully saturated rings. The maximum absolute atomic E-state index is 13.0. The van der Waals surface area contributed by atoms with Crippen LogP contribution in [0, 0.1) is 0 Å². The van der Waals surface area contributed by atoms with Crippen molar-refractivity contribution in [3.63, 3.8) is 0 Å². The number of ether oxygens (including phenoxy) is 3. The molecule has 86 heavy (non-hydrogen) atoms. The van der Waals surface area contributed by atoms with Crippen molar-refractivity contribution < 1.29 is 38.2 Å². The quantitative estimate of drug-likeness (QED) is 0.0272. The molecule has 1 atom stereocenters. The molecule has 0 rings (SSSR count). The lowest BCUT2D eigenvalue weighted by atomic mass is 10.0. The Bertz CT molecular complexity index is 1640. The predicted molar refractivity (Wildman–Crippen MR) is 365 cm³/mol. The number of nitrogens with two attached hydrogens (primary N) is 1. The second kappa shape index (κ2) is 69.0. The first-order valence-corrected chi connectivity index (χ1v) is 36.9. The smallest absolute Gasteiger partial charge is 0.306 e. The Balaban J connectivity index is 4.39. The van der Waals surface area contributed by atoms with Crippen molar-refractivity contribution in [1.82, 2.24) is 4.90 Å². The van der Waals surface area contributed by atoms with E-state index in [1.807, 2.05) is 0 Å². The predicted octanol–water partition coefficient (Wildman–Crippen LogP) is 22.0. The van der Waals surface area contributed by atoms with Gasteiger partial charge >= 0.3 is 17.9 Å². The average Bonchev–Trinajstić information content (AvgIpc) is 3.71. The molecule has 0 aliphatic heterocycles. The zero-order chi connectivity index (χ0) is 62.5. The second-order valence-electron chi connectivity index (χ2n) is 25.0. The minimum atomic E-state index is -0.814. The van der Waals surface area contributed by atoms with Gasteiger partial charge < -0.3 is 19.9 Å². The Morgan fingerprint density at radius 3 is 0.872 bits per heavy atom. The fraction of sp³-hybridized carbons (Fsp3) is 0.829. The molecular formula is C76H138N2O8. The van der Waals surface area contributed by atoms with E-state index in [-0.39, 0.29) is 42.9 Å². The largest absolute Gasteiger partial charge is 0.462 e. The van der Waals surface area contributed by atoms with Crippen molar-refractivity contribution >= 4 is 29.7 Å². The molecule has 0 heterocycles. The van der Waals surface area contributed by atoms with E-state index < -0.39 is 6.10 Å². The van der Waals surface area contributed by atoms with Crippen LogP contribution in [0.5, 0.6) is 0 Å². The van der Waals surface area contributed by atoms with Crippen LogP contribution in [0.15, 0.2) is 48.6 Å². The number of imide groups is 1. The zero-order valence-electron chi connectivity index (χ0n) is 56.7. The second-order valence-corrected chi connectivity index (χ2v) is 25.0. The summed E-state index contributed by atoms with van der Waals surface area (Å²) in [6.07, 6.45) is 77.2. The molecule has 2 amide bonds. The summed E-state index contributed by atoms with van der Waals surface area (Å²) in [6.45, 7) is 7.16. The number of hydrogen-bond donors (Lipinski definition) is 1. The molecule has 1 unspecified atom stereocenters. The minimum Gasteiger partial charge on any atom is -0.462 e. The first-order chi connectivity index (χ1) is 42.3. The van der Waals surface area contributed by atoms with Gasteiger partial charge in [-0.1, -0.05) is 275 Å². The van der Waals surface area contributed by atoms with Gasteiger partial charge in [0.1, 0.15) is 13.2 Å². The van der Waals surface area contributed by atoms with E-state index in [0.29, 0.717) is 45.2 Å². The molecule has 0 spiro atoms. The molecule has 0 saturated carbocycles. The molecule has 2 N–H and O–H groups in total. The van der Waals surface area contributed by atoms with Crippen LogP contribution < -0.4 is 5.73 Å². The standard InChI is InChI=1S/C76H138N2O8/c1-4-7-10-13-16-19-22-25-28-32-37-42-47-52-57-62-72(79)78(68-67-77)73(80)63-58-53-48-43-38-33-31-36-40-45-50-55-60-65-75(82)85-70-71(86-76(83)66-61-56-51-46-41-35-30-27-24-21-18-15-12-9-6-3)69-84-74(81)64-59-54-49-44-39-34-29-26-23-20-17-14-11-8-5-2/h18,21,25,27-28,30-31,33,71H,4-17,19-20,22-24,26,29,32,34-70,77H2,1-3H3/b21-18-,28-25-,30-27-,33-31+. The SMILES string of the molecule is CCCCC/C=C\C/C=C\CCCCCCCC(=O)OC(COC(=O)CCCCCCC/C=C/CCCCCCC(=O)N(CCN)C(=O)CCCCCCC/C=C\CCCCCCCC)COC(=O)CCCCCCCCCCCCCCCCC. The van der Waals surface area contributed by atoms with Gasteiger partial charge in [0, 0.05) is 45.2 Å². The topological polar surface area (TPSA) is 142 Å². The Labute approximate surface area is 531 Å². The van der Waals surface area contributed by atoms with E-state index in [4.69, 9.17) is 19.9 Å². The van der Waals surface area contributed by atoms with Crippen molar-refractivity contribution in [2.75, 3.05) is 26.3 Å². The van der Waals surface area contributed by atoms with Gasteiger partial charge in [0.2, 0.25) is 11.8 Å². The lowest BCUT2D eigenvalue weighted by Crippen LogP contribution is -2.40. The Hall–Kier alpha value is -3.53. The minimum absolute atomic E-state index is 0.0693. The van der Waals surface area contributed by atoms with E-state index in [0.717, 1.165) is 161 Å². The number of nitrogens with zero attached hydrogens (tertiary/aromatic N) is 1. The van der Waals surface area contributed by atoms with Crippen molar-refractivity contribution in [3.8, 4) is 0 Å². The molecule has 0 bridgehead atoms. The van der Waals surface area contributed by atoms with Crippen LogP contribution in [0.25, 0.3) is 0 Å². The Kier molecular flexibility index (Phi) is 66.1. The highest BCUT2D eigenvalue weighted by molar-refractivity contribution is 5.95. The van der Waals surface area contributed by atoms with E-state index >= 15 is 0 Å². The summed E-state index contributed by atoms with van der Waals surface area (Å²) in [4.78, 5) is 65.7. The van der Waals surface area contributed by atoms with Gasteiger partial charge in [-0.3, -0.25) is 28.9 Å². The van der Waals surface area contributed by atoms with Gasteiger partial charge in [0.05, 0.1) is 0 Å². The highest BCUT2D eigenvalue weighted by Gasteiger charge is 2.21. The van der Waals surface area contributed by atoms with Gasteiger partial charge in [-0.15, -0.1) is 0 Å². The molecule has 0 aromatic carbocycles. The molecule has 0 aromatic rings. The van der Waals surface area contributed by atoms with E-state index in [2.05, 4.69) is 69.4 Å². The number of rotatable bonds is 67. The Morgan fingerprint density at radius 2 is 0.558 bits per heavy atom. The lowest BCUT2D eigenvalue weighted by Gasteiger charge is -2.20. The number of esters is 3. The van der Waals surface area contributed by atoms with Gasteiger partial charge in [-0.05, 0) is 116 Å². The van der Waals surface area contributed by atoms with Gasteiger partial charge in [-0.2, -0.15) is 0 Å². The monoisotopic (exact) mass is 1210 g/mol. The molecule has 0 aromatic heterocycles. The van der Waals surface area contributed by atoms with Crippen molar-refractivity contribution in [2.45, 2.75) is 380 Å². The summed E-state index contributed by atoms with van der Waals surface area (Å²) in [7, 11) is 0.